The molecule has 0 aliphatic rings. The SMILES string of the molecule is CCc1cccc(C)c1N(CCC(=O)Nc1ccc(F)cc1F)S(C)(=O)=O. The Kier molecular flexibility index (Phi) is 6.54. The van der Waals surface area contributed by atoms with Crippen LogP contribution in [0, 0.1) is 18.6 Å². The summed E-state index contributed by atoms with van der Waals surface area (Å²) < 4.78 is 52.4. The molecular formula is C19H22F2N2O3S. The molecule has 0 atom stereocenters. The molecule has 0 saturated carbocycles. The molecule has 0 spiro atoms. The molecule has 2 aromatic carbocycles. The van der Waals surface area contributed by atoms with Gasteiger partial charge in [0.1, 0.15) is 11.6 Å². The van der Waals surface area contributed by atoms with Crippen LogP contribution in [0.2, 0.25) is 0 Å². The normalized spacial score (nSPS) is 11.3. The molecule has 0 aliphatic heterocycles. The van der Waals surface area contributed by atoms with E-state index in [1.54, 1.807) is 13.0 Å². The number of hydrogen-bond acceptors (Lipinski definition) is 3. The number of anilines is 2. The Hall–Kier alpha value is -2.48. The van der Waals surface area contributed by atoms with Gasteiger partial charge < -0.3 is 5.32 Å². The van der Waals surface area contributed by atoms with Gasteiger partial charge >= 0.3 is 0 Å². The fraction of sp³-hybridized carbons (Fsp3) is 0.316. The summed E-state index contributed by atoms with van der Waals surface area (Å²) in [4.78, 5) is 12.2. The first-order chi connectivity index (χ1) is 12.6. The first-order valence-corrected chi connectivity index (χ1v) is 10.3. The molecule has 27 heavy (non-hydrogen) atoms. The molecule has 146 valence electrons. The van der Waals surface area contributed by atoms with E-state index >= 15 is 0 Å². The Balaban J connectivity index is 2.20. The third kappa shape index (κ3) is 5.26. The van der Waals surface area contributed by atoms with E-state index in [1.807, 2.05) is 19.1 Å². The van der Waals surface area contributed by atoms with Gasteiger partial charge in [-0.05, 0) is 36.6 Å². The van der Waals surface area contributed by atoms with Gasteiger partial charge in [-0.25, -0.2) is 17.2 Å². The second kappa shape index (κ2) is 8.47. The van der Waals surface area contributed by atoms with Crippen molar-refractivity contribution in [3.05, 3.63) is 59.2 Å². The van der Waals surface area contributed by atoms with Gasteiger partial charge in [-0.1, -0.05) is 25.1 Å². The van der Waals surface area contributed by atoms with Crippen molar-refractivity contribution in [1.82, 2.24) is 0 Å². The van der Waals surface area contributed by atoms with E-state index < -0.39 is 27.6 Å². The molecule has 1 amide bonds. The highest BCUT2D eigenvalue weighted by atomic mass is 32.2. The molecule has 0 heterocycles. The number of amides is 1. The van der Waals surface area contributed by atoms with Crippen LogP contribution < -0.4 is 9.62 Å². The number of benzene rings is 2. The number of nitrogens with zero attached hydrogens (tertiary/aromatic N) is 1. The second-order valence-electron chi connectivity index (χ2n) is 6.19. The maximum Gasteiger partial charge on any atom is 0.232 e. The fourth-order valence-corrected chi connectivity index (χ4v) is 3.83. The summed E-state index contributed by atoms with van der Waals surface area (Å²) in [6, 6.07) is 8.31. The van der Waals surface area contributed by atoms with Crippen molar-refractivity contribution in [3.8, 4) is 0 Å². The highest BCUT2D eigenvalue weighted by Gasteiger charge is 2.22. The maximum absolute atomic E-state index is 13.7. The lowest BCUT2D eigenvalue weighted by atomic mass is 10.1. The van der Waals surface area contributed by atoms with Gasteiger partial charge in [0.25, 0.3) is 0 Å². The lowest BCUT2D eigenvalue weighted by Gasteiger charge is -2.26. The van der Waals surface area contributed by atoms with E-state index in [4.69, 9.17) is 0 Å². The van der Waals surface area contributed by atoms with Crippen LogP contribution in [0.1, 0.15) is 24.5 Å². The monoisotopic (exact) mass is 396 g/mol. The number of nitrogens with one attached hydrogen (secondary N) is 1. The number of carbonyl (C=O) groups excluding carboxylic acids is 1. The van der Waals surface area contributed by atoms with Gasteiger partial charge in [0.15, 0.2) is 0 Å². The van der Waals surface area contributed by atoms with Crippen LogP contribution in [0.3, 0.4) is 0 Å². The molecule has 5 nitrogen and oxygen atoms in total. The Morgan fingerprint density at radius 3 is 2.48 bits per heavy atom. The van der Waals surface area contributed by atoms with Crippen molar-refractivity contribution in [3.63, 3.8) is 0 Å². The van der Waals surface area contributed by atoms with Gasteiger partial charge in [-0.15, -0.1) is 0 Å². The molecule has 2 aromatic rings. The van der Waals surface area contributed by atoms with Crippen molar-refractivity contribution >= 4 is 27.3 Å². The Morgan fingerprint density at radius 1 is 1.19 bits per heavy atom. The zero-order valence-corrected chi connectivity index (χ0v) is 16.2. The zero-order valence-electron chi connectivity index (χ0n) is 15.4. The van der Waals surface area contributed by atoms with Crippen LogP contribution in [-0.4, -0.2) is 27.1 Å². The molecular weight excluding hydrogens is 374 g/mol. The molecule has 0 aliphatic carbocycles. The van der Waals surface area contributed by atoms with Gasteiger partial charge in [0.05, 0.1) is 17.6 Å². The maximum atomic E-state index is 13.7. The van der Waals surface area contributed by atoms with Crippen molar-refractivity contribution in [2.45, 2.75) is 26.7 Å². The zero-order chi connectivity index (χ0) is 20.2. The summed E-state index contributed by atoms with van der Waals surface area (Å²) in [5, 5.41) is 2.34. The summed E-state index contributed by atoms with van der Waals surface area (Å²) in [5.41, 5.74) is 2.04. The second-order valence-corrected chi connectivity index (χ2v) is 8.10. The first-order valence-electron chi connectivity index (χ1n) is 8.44. The largest absolute Gasteiger partial charge is 0.324 e. The molecule has 0 fully saturated rings. The molecule has 0 bridgehead atoms. The number of aryl methyl sites for hydroxylation is 2. The predicted molar refractivity (Wildman–Crippen MR) is 102 cm³/mol. The molecule has 0 unspecified atom stereocenters. The van der Waals surface area contributed by atoms with Gasteiger partial charge in [-0.3, -0.25) is 9.10 Å². The average Bonchev–Trinajstić information content (AvgIpc) is 2.57. The van der Waals surface area contributed by atoms with Crippen LogP contribution in [0.15, 0.2) is 36.4 Å². The van der Waals surface area contributed by atoms with Gasteiger partial charge in [0.2, 0.25) is 15.9 Å². The Morgan fingerprint density at radius 2 is 1.89 bits per heavy atom. The average molecular weight is 396 g/mol. The third-order valence-electron chi connectivity index (χ3n) is 4.10. The number of sulfonamides is 1. The summed E-state index contributed by atoms with van der Waals surface area (Å²) in [7, 11) is -3.63. The smallest absolute Gasteiger partial charge is 0.232 e. The third-order valence-corrected chi connectivity index (χ3v) is 5.26. The molecule has 1 N–H and O–H groups in total. The summed E-state index contributed by atoms with van der Waals surface area (Å²) in [5.74, 6) is -2.21. The van der Waals surface area contributed by atoms with Crippen molar-refractivity contribution in [2.75, 3.05) is 22.4 Å². The van der Waals surface area contributed by atoms with Gasteiger partial charge in [-0.2, -0.15) is 0 Å². The van der Waals surface area contributed by atoms with Crippen LogP contribution >= 0.6 is 0 Å². The van der Waals surface area contributed by atoms with Gasteiger partial charge in [0, 0.05) is 19.0 Å². The standard InChI is InChI=1S/C19H22F2N2O3S/c1-4-14-7-5-6-13(2)19(14)23(27(3,25)26)11-10-18(24)22-17-9-8-15(20)12-16(17)21/h5-9,12H,4,10-11H2,1-3H3,(H,22,24). The highest BCUT2D eigenvalue weighted by Crippen LogP contribution is 2.28. The van der Waals surface area contributed by atoms with E-state index in [2.05, 4.69) is 5.32 Å². The van der Waals surface area contributed by atoms with Crippen molar-refractivity contribution in [1.29, 1.82) is 0 Å². The van der Waals surface area contributed by atoms with Crippen molar-refractivity contribution in [2.24, 2.45) is 0 Å². The molecule has 2 rings (SSSR count). The van der Waals surface area contributed by atoms with Crippen LogP contribution in [0.25, 0.3) is 0 Å². The molecule has 8 heteroatoms. The van der Waals surface area contributed by atoms with Crippen LogP contribution in [0.5, 0.6) is 0 Å². The molecule has 0 aromatic heterocycles. The number of carbonyl (C=O) groups is 1. The quantitative estimate of drug-likeness (QED) is 0.777. The number of hydrogen-bond donors (Lipinski definition) is 1. The van der Waals surface area contributed by atoms with E-state index in [0.29, 0.717) is 18.2 Å². The summed E-state index contributed by atoms with van der Waals surface area (Å²) >= 11 is 0. The number of rotatable bonds is 7. The highest BCUT2D eigenvalue weighted by molar-refractivity contribution is 7.92. The Labute approximate surface area is 158 Å². The van der Waals surface area contributed by atoms with E-state index in [0.717, 1.165) is 29.5 Å². The lowest BCUT2D eigenvalue weighted by Crippen LogP contribution is -2.34. The first kappa shape index (κ1) is 20.8. The number of halogens is 2. The van der Waals surface area contributed by atoms with Crippen LogP contribution in [-0.2, 0) is 21.2 Å². The summed E-state index contributed by atoms with van der Waals surface area (Å²) in [6.45, 7) is 3.63. The van der Waals surface area contributed by atoms with Crippen molar-refractivity contribution < 1.29 is 22.0 Å². The molecule has 0 saturated heterocycles. The van der Waals surface area contributed by atoms with E-state index in [1.165, 1.54) is 4.31 Å². The summed E-state index contributed by atoms with van der Waals surface area (Å²) in [6.07, 6.45) is 1.54. The predicted octanol–water partition coefficient (Wildman–Crippen LogP) is 3.63. The fourth-order valence-electron chi connectivity index (χ4n) is 2.81. The van der Waals surface area contributed by atoms with Crippen LogP contribution in [0.4, 0.5) is 20.2 Å². The molecule has 0 radical (unpaired) electrons. The number of para-hydroxylation sites is 1. The van der Waals surface area contributed by atoms with E-state index in [9.17, 15) is 22.0 Å². The topological polar surface area (TPSA) is 66.5 Å². The lowest BCUT2D eigenvalue weighted by molar-refractivity contribution is -0.116. The van der Waals surface area contributed by atoms with E-state index in [-0.39, 0.29) is 18.7 Å². The minimum atomic E-state index is -3.63. The Bertz CT molecular complexity index is 946. The minimum Gasteiger partial charge on any atom is -0.324 e. The minimum absolute atomic E-state index is 0.0919.